The van der Waals surface area contributed by atoms with Crippen molar-refractivity contribution < 1.29 is 14.7 Å². The zero-order chi connectivity index (χ0) is 23.8. The molecule has 0 aromatic heterocycles. The van der Waals surface area contributed by atoms with E-state index in [2.05, 4.69) is 20.9 Å². The summed E-state index contributed by atoms with van der Waals surface area (Å²) in [5, 5.41) is 20.8. The lowest BCUT2D eigenvalue weighted by atomic mass is 9.80. The predicted molar refractivity (Wildman–Crippen MR) is 125 cm³/mol. The molecule has 8 N–H and O–H groups in total. The molecule has 4 fully saturated rings. The Kier molecular flexibility index (Phi) is 7.62. The monoisotopic (exact) mass is 465 g/mol. The first kappa shape index (κ1) is 24.8. The van der Waals surface area contributed by atoms with Crippen molar-refractivity contribution in [3.8, 4) is 0 Å². The molecule has 0 radical (unpaired) electrons. The number of carbonyl (C=O) groups excluding carboxylic acids is 2. The van der Waals surface area contributed by atoms with Gasteiger partial charge in [0.25, 0.3) is 0 Å². The van der Waals surface area contributed by atoms with Crippen molar-refractivity contribution >= 4 is 11.8 Å². The largest absolute Gasteiger partial charge is 0.390 e. The second kappa shape index (κ2) is 10.1. The molecule has 5 unspecified atom stereocenters. The van der Waals surface area contributed by atoms with Crippen LogP contribution in [0.4, 0.5) is 0 Å². The molecule has 4 rings (SSSR count). The average molecular weight is 466 g/mol. The van der Waals surface area contributed by atoms with Gasteiger partial charge in [-0.3, -0.25) is 30.4 Å². The number of nitrogens with two attached hydrogens (primary N) is 2. The van der Waals surface area contributed by atoms with Crippen LogP contribution in [0.2, 0.25) is 0 Å². The van der Waals surface area contributed by atoms with Crippen LogP contribution in [-0.4, -0.2) is 89.6 Å². The quantitative estimate of drug-likeness (QED) is 0.283. The third-order valence-electron chi connectivity index (χ3n) is 8.12. The Morgan fingerprint density at radius 1 is 1.12 bits per heavy atom. The standard InChI is InChI=1S/C23H43N7O3/c1-23(2,33)15-11-30(12-15)21(32)14-5-3-7-17(9-14)27-20-18(19(25)31)10-26-22(28-20)29-8-4-6-16(24)13-29/h14-18,20,22,26-28,33H,3-13,24H2,1-2H3,(H2,25,31)/t14?,16-,17?,18?,20?,22?/m0/s1. The molecule has 10 heteroatoms. The zero-order valence-electron chi connectivity index (χ0n) is 20.1. The van der Waals surface area contributed by atoms with E-state index in [9.17, 15) is 14.7 Å². The molecule has 0 bridgehead atoms. The van der Waals surface area contributed by atoms with Crippen LogP contribution >= 0.6 is 0 Å². The summed E-state index contributed by atoms with van der Waals surface area (Å²) in [6, 6.07) is 0.325. The number of piperidine rings is 1. The molecule has 3 aliphatic heterocycles. The number of hydrogen-bond acceptors (Lipinski definition) is 8. The summed E-state index contributed by atoms with van der Waals surface area (Å²) in [6.07, 6.45) is 5.43. The molecule has 0 spiro atoms. The molecule has 3 saturated heterocycles. The summed E-state index contributed by atoms with van der Waals surface area (Å²) < 4.78 is 0. The first-order valence-corrected chi connectivity index (χ1v) is 12.7. The topological polar surface area (TPSA) is 149 Å². The fourth-order valence-electron chi connectivity index (χ4n) is 5.82. The number of primary amides is 1. The van der Waals surface area contributed by atoms with Crippen LogP contribution in [0.5, 0.6) is 0 Å². The molecule has 188 valence electrons. The van der Waals surface area contributed by atoms with Gasteiger partial charge in [-0.15, -0.1) is 0 Å². The van der Waals surface area contributed by atoms with E-state index in [4.69, 9.17) is 11.5 Å². The number of amides is 2. The third-order valence-corrected chi connectivity index (χ3v) is 8.12. The Bertz CT molecular complexity index is 709. The van der Waals surface area contributed by atoms with Crippen molar-refractivity contribution in [2.24, 2.45) is 29.2 Å². The van der Waals surface area contributed by atoms with Gasteiger partial charge in [0.05, 0.1) is 17.7 Å². The lowest BCUT2D eigenvalue weighted by Gasteiger charge is -2.48. The van der Waals surface area contributed by atoms with Gasteiger partial charge < -0.3 is 21.5 Å². The summed E-state index contributed by atoms with van der Waals surface area (Å²) in [6.45, 7) is 7.19. The second-order valence-electron chi connectivity index (χ2n) is 11.2. The summed E-state index contributed by atoms with van der Waals surface area (Å²) in [4.78, 5) is 29.4. The van der Waals surface area contributed by atoms with Gasteiger partial charge in [0.15, 0.2) is 0 Å². The van der Waals surface area contributed by atoms with Gasteiger partial charge >= 0.3 is 0 Å². The van der Waals surface area contributed by atoms with Crippen molar-refractivity contribution in [3.63, 3.8) is 0 Å². The molecule has 0 aromatic carbocycles. The van der Waals surface area contributed by atoms with Gasteiger partial charge in [-0.1, -0.05) is 6.42 Å². The number of carbonyl (C=O) groups is 2. The van der Waals surface area contributed by atoms with E-state index in [1.165, 1.54) is 0 Å². The van der Waals surface area contributed by atoms with E-state index >= 15 is 0 Å². The summed E-state index contributed by atoms with van der Waals surface area (Å²) in [5.41, 5.74) is 11.2. The SMILES string of the molecule is CC(C)(O)C1CN(C(=O)C2CCCC(NC3NC(N4CCC[C@H](N)C4)NCC3C(N)=O)C2)C1. The van der Waals surface area contributed by atoms with Crippen LogP contribution < -0.4 is 27.4 Å². The Morgan fingerprint density at radius 2 is 1.88 bits per heavy atom. The van der Waals surface area contributed by atoms with Crippen molar-refractivity contribution in [2.75, 3.05) is 32.7 Å². The number of nitrogens with one attached hydrogen (secondary N) is 3. The van der Waals surface area contributed by atoms with Crippen molar-refractivity contribution in [2.45, 2.75) is 82.5 Å². The van der Waals surface area contributed by atoms with Gasteiger partial charge in [-0.2, -0.15) is 0 Å². The van der Waals surface area contributed by atoms with Gasteiger partial charge in [-0.05, 0) is 46.0 Å². The van der Waals surface area contributed by atoms with E-state index in [1.807, 2.05) is 18.7 Å². The molecule has 33 heavy (non-hydrogen) atoms. The van der Waals surface area contributed by atoms with Crippen LogP contribution in [0, 0.1) is 17.8 Å². The molecular formula is C23H43N7O3. The van der Waals surface area contributed by atoms with E-state index in [0.717, 1.165) is 51.6 Å². The first-order chi connectivity index (χ1) is 15.6. The molecular weight excluding hydrogens is 422 g/mol. The molecule has 6 atom stereocenters. The van der Waals surface area contributed by atoms with E-state index < -0.39 is 5.60 Å². The number of nitrogens with zero attached hydrogens (tertiary/aromatic N) is 2. The highest BCUT2D eigenvalue weighted by Crippen LogP contribution is 2.32. The van der Waals surface area contributed by atoms with Gasteiger partial charge in [-0.25, -0.2) is 0 Å². The molecule has 2 amide bonds. The maximum absolute atomic E-state index is 13.1. The minimum absolute atomic E-state index is 0.0105. The smallest absolute Gasteiger partial charge is 0.225 e. The summed E-state index contributed by atoms with van der Waals surface area (Å²) in [5.74, 6) is -0.355. The van der Waals surface area contributed by atoms with Crippen LogP contribution in [0.3, 0.4) is 0 Å². The van der Waals surface area contributed by atoms with Crippen LogP contribution in [-0.2, 0) is 9.59 Å². The number of rotatable bonds is 6. The van der Waals surface area contributed by atoms with Gasteiger partial charge in [0.1, 0.15) is 6.29 Å². The van der Waals surface area contributed by atoms with Crippen LogP contribution in [0.25, 0.3) is 0 Å². The third kappa shape index (κ3) is 5.86. The molecule has 1 aliphatic carbocycles. The lowest BCUT2D eigenvalue weighted by molar-refractivity contribution is -0.150. The molecule has 4 aliphatic rings. The maximum atomic E-state index is 13.1. The maximum Gasteiger partial charge on any atom is 0.225 e. The van der Waals surface area contributed by atoms with Crippen molar-refractivity contribution in [1.29, 1.82) is 0 Å². The summed E-state index contributed by atoms with van der Waals surface area (Å²) >= 11 is 0. The zero-order valence-corrected chi connectivity index (χ0v) is 20.1. The number of likely N-dealkylation sites (tertiary alicyclic amines) is 2. The Labute approximate surface area is 197 Å². The van der Waals surface area contributed by atoms with E-state index in [0.29, 0.717) is 19.6 Å². The molecule has 0 aromatic rings. The predicted octanol–water partition coefficient (Wildman–Crippen LogP) is -1.31. The van der Waals surface area contributed by atoms with Crippen molar-refractivity contribution in [1.82, 2.24) is 25.8 Å². The fraction of sp³-hybridized carbons (Fsp3) is 0.913. The van der Waals surface area contributed by atoms with Crippen LogP contribution in [0.1, 0.15) is 52.4 Å². The van der Waals surface area contributed by atoms with Crippen LogP contribution in [0.15, 0.2) is 0 Å². The highest BCUT2D eigenvalue weighted by Gasteiger charge is 2.43. The lowest BCUT2D eigenvalue weighted by Crippen LogP contribution is -2.72. The Hall–Kier alpha value is -1.30. The van der Waals surface area contributed by atoms with E-state index in [-0.39, 0.29) is 54.1 Å². The van der Waals surface area contributed by atoms with Gasteiger partial charge in [0.2, 0.25) is 11.8 Å². The minimum atomic E-state index is -0.743. The van der Waals surface area contributed by atoms with Gasteiger partial charge in [0, 0.05) is 56.6 Å². The Morgan fingerprint density at radius 3 is 2.55 bits per heavy atom. The summed E-state index contributed by atoms with van der Waals surface area (Å²) in [7, 11) is 0. The number of hydrogen-bond donors (Lipinski definition) is 6. The normalized spacial score (nSPS) is 36.9. The highest BCUT2D eigenvalue weighted by molar-refractivity contribution is 5.80. The first-order valence-electron chi connectivity index (χ1n) is 12.7. The fourth-order valence-corrected chi connectivity index (χ4v) is 5.82. The molecule has 10 nitrogen and oxygen atoms in total. The highest BCUT2D eigenvalue weighted by atomic mass is 16.3. The Balaban J connectivity index is 1.33. The second-order valence-corrected chi connectivity index (χ2v) is 11.2. The van der Waals surface area contributed by atoms with E-state index in [1.54, 1.807) is 0 Å². The van der Waals surface area contributed by atoms with Crippen molar-refractivity contribution in [3.05, 3.63) is 0 Å². The minimum Gasteiger partial charge on any atom is -0.390 e. The molecule has 1 saturated carbocycles. The average Bonchev–Trinajstić information content (AvgIpc) is 2.71. The number of aliphatic hydroxyl groups is 1. The molecule has 3 heterocycles.